The number of amides is 1. The first-order chi connectivity index (χ1) is 20.7. The number of ether oxygens (including phenoxy) is 1. The summed E-state index contributed by atoms with van der Waals surface area (Å²) in [5.74, 6) is 7.19. The first-order valence-corrected chi connectivity index (χ1v) is 24.3. The Morgan fingerprint density at radius 3 is 2.09 bits per heavy atom. The highest BCUT2D eigenvalue weighted by Gasteiger charge is 2.42. The highest BCUT2D eigenvalue weighted by atomic mass is 32.1. The third-order valence-electron chi connectivity index (χ3n) is 10.0. The van der Waals surface area contributed by atoms with E-state index in [1.165, 1.54) is 18.4 Å². The van der Waals surface area contributed by atoms with Gasteiger partial charge in [-0.3, -0.25) is 4.79 Å². The quantitative estimate of drug-likeness (QED) is 0.140. The summed E-state index contributed by atoms with van der Waals surface area (Å²) >= 11 is 1.34. The number of rotatable bonds is 10. The molecule has 0 aliphatic heterocycles. The Morgan fingerprint density at radius 1 is 0.956 bits per heavy atom. The van der Waals surface area contributed by atoms with Gasteiger partial charge in [0.05, 0.1) is 17.7 Å². The largest absolute Gasteiger partial charge is 0.465 e. The number of methoxy groups -OCH3 is 1. The van der Waals surface area contributed by atoms with Gasteiger partial charge in [-0.2, -0.15) is 0 Å². The van der Waals surface area contributed by atoms with Crippen LogP contribution in [0.3, 0.4) is 0 Å². The SMILES string of the molecule is COC(=O)c1sc(C#CC(C)(C)CCO[Si](C)(C)C)cc1N(C(=O)[C@H]1CC[C@H](C)CC1)[C@H]1CC[C@H](O[Si](C)(C)C(C)(C)C)CC1. The van der Waals surface area contributed by atoms with Crippen molar-refractivity contribution in [2.24, 2.45) is 17.3 Å². The van der Waals surface area contributed by atoms with E-state index in [1.54, 1.807) is 0 Å². The van der Waals surface area contributed by atoms with Crippen LogP contribution >= 0.6 is 11.3 Å². The van der Waals surface area contributed by atoms with Crippen LogP contribution in [0, 0.1) is 29.1 Å². The number of hydrogen-bond donors (Lipinski definition) is 0. The van der Waals surface area contributed by atoms with Crippen molar-refractivity contribution in [1.82, 2.24) is 0 Å². The van der Waals surface area contributed by atoms with Crippen LogP contribution in [0.25, 0.3) is 0 Å². The lowest BCUT2D eigenvalue weighted by Crippen LogP contribution is -2.49. The molecule has 0 spiro atoms. The number of nitrogens with zero attached hydrogens (tertiary/aromatic N) is 1. The molecule has 0 radical (unpaired) electrons. The highest BCUT2D eigenvalue weighted by Crippen LogP contribution is 2.42. The number of carbonyl (C=O) groups is 2. The predicted octanol–water partition coefficient (Wildman–Crippen LogP) is 9.65. The summed E-state index contributed by atoms with van der Waals surface area (Å²) < 4.78 is 18.1. The Balaban J connectivity index is 1.93. The molecule has 2 saturated carbocycles. The second kappa shape index (κ2) is 15.2. The van der Waals surface area contributed by atoms with Gasteiger partial charge in [0.1, 0.15) is 4.88 Å². The lowest BCUT2D eigenvalue weighted by Gasteiger charge is -2.43. The van der Waals surface area contributed by atoms with Crippen molar-refractivity contribution in [2.45, 2.75) is 149 Å². The van der Waals surface area contributed by atoms with Gasteiger partial charge in [0.2, 0.25) is 5.91 Å². The number of thiophene rings is 1. The van der Waals surface area contributed by atoms with E-state index in [-0.39, 0.29) is 34.4 Å². The summed E-state index contributed by atoms with van der Waals surface area (Å²) in [5, 5.41) is 0.156. The molecule has 1 heterocycles. The van der Waals surface area contributed by atoms with E-state index in [4.69, 9.17) is 13.6 Å². The van der Waals surface area contributed by atoms with Crippen molar-refractivity contribution in [3.8, 4) is 11.8 Å². The number of carbonyl (C=O) groups excluding carboxylic acids is 2. The first-order valence-electron chi connectivity index (χ1n) is 17.1. The molecule has 9 heteroatoms. The molecule has 254 valence electrons. The van der Waals surface area contributed by atoms with Crippen molar-refractivity contribution in [2.75, 3.05) is 18.6 Å². The molecule has 2 aliphatic carbocycles. The lowest BCUT2D eigenvalue weighted by atomic mass is 9.81. The molecular weight excluding hydrogens is 615 g/mol. The molecule has 1 aromatic rings. The van der Waals surface area contributed by atoms with E-state index < -0.39 is 22.6 Å². The molecular formula is C36H61NO5SSi2. The average Bonchev–Trinajstić information content (AvgIpc) is 3.35. The molecule has 0 saturated heterocycles. The van der Waals surface area contributed by atoms with Gasteiger partial charge in [0, 0.05) is 30.1 Å². The number of esters is 1. The second-order valence-corrected chi connectivity index (χ2v) is 27.0. The Labute approximate surface area is 280 Å². The minimum atomic E-state index is -1.89. The Bertz CT molecular complexity index is 1220. The van der Waals surface area contributed by atoms with Crippen LogP contribution < -0.4 is 4.90 Å². The predicted molar refractivity (Wildman–Crippen MR) is 193 cm³/mol. The third-order valence-corrected chi connectivity index (χ3v) is 16.6. The van der Waals surface area contributed by atoms with Crippen molar-refractivity contribution < 1.29 is 23.2 Å². The normalized spacial score (nSPS) is 23.2. The summed E-state index contributed by atoms with van der Waals surface area (Å²) in [6.07, 6.45) is 8.53. The summed E-state index contributed by atoms with van der Waals surface area (Å²) in [6.45, 7) is 25.3. The fourth-order valence-corrected chi connectivity index (χ4v) is 9.04. The maximum atomic E-state index is 14.4. The highest BCUT2D eigenvalue weighted by molar-refractivity contribution is 7.15. The third kappa shape index (κ3) is 10.8. The fraction of sp³-hybridized carbons (Fsp3) is 0.778. The molecule has 0 unspecified atom stereocenters. The minimum Gasteiger partial charge on any atom is -0.465 e. The fourth-order valence-electron chi connectivity index (χ4n) is 5.98. The van der Waals surface area contributed by atoms with Crippen LogP contribution in [0.4, 0.5) is 5.69 Å². The number of anilines is 1. The first kappa shape index (κ1) is 38.0. The van der Waals surface area contributed by atoms with Crippen LogP contribution in [0.5, 0.6) is 0 Å². The van der Waals surface area contributed by atoms with Gasteiger partial charge < -0.3 is 18.5 Å². The molecule has 45 heavy (non-hydrogen) atoms. The zero-order valence-corrected chi connectivity index (χ0v) is 33.2. The van der Waals surface area contributed by atoms with E-state index in [0.29, 0.717) is 23.1 Å². The van der Waals surface area contributed by atoms with Crippen molar-refractivity contribution in [3.05, 3.63) is 15.8 Å². The molecule has 6 nitrogen and oxygen atoms in total. The van der Waals surface area contributed by atoms with Gasteiger partial charge in [-0.05, 0) is 121 Å². The van der Waals surface area contributed by atoms with Gasteiger partial charge in [0.15, 0.2) is 16.6 Å². The standard InChI is InChI=1S/C36H61NO5SSi2/c1-26-13-15-27(16-14-26)33(38)37(28-17-19-29(20-18-28)42-45(11,12)35(2,3)4)31-25-30(43-32(31)34(39)40-7)21-22-36(5,6)23-24-41-44(8,9)10/h25-29H,13-20,23-24H2,1-12H3/t26-,27-,28-,29-. The zero-order valence-electron chi connectivity index (χ0n) is 30.4. The van der Waals surface area contributed by atoms with Gasteiger partial charge in [-0.15, -0.1) is 11.3 Å². The van der Waals surface area contributed by atoms with E-state index in [0.717, 1.165) is 62.7 Å². The van der Waals surface area contributed by atoms with Crippen LogP contribution in [0.15, 0.2) is 6.07 Å². The van der Waals surface area contributed by atoms with Crippen LogP contribution in [0.1, 0.15) is 114 Å². The minimum absolute atomic E-state index is 0.0186. The van der Waals surface area contributed by atoms with Gasteiger partial charge in [-0.25, -0.2) is 4.79 Å². The summed E-state index contributed by atoms with van der Waals surface area (Å²) in [5.41, 5.74) is 0.430. The Morgan fingerprint density at radius 2 is 1.56 bits per heavy atom. The summed E-state index contributed by atoms with van der Waals surface area (Å²) in [7, 11) is -2.07. The van der Waals surface area contributed by atoms with Gasteiger partial charge in [-0.1, -0.05) is 39.5 Å². The van der Waals surface area contributed by atoms with Gasteiger partial charge in [0.25, 0.3) is 0 Å². The summed E-state index contributed by atoms with van der Waals surface area (Å²) in [6, 6.07) is 1.99. The van der Waals surface area contributed by atoms with Gasteiger partial charge >= 0.3 is 5.97 Å². The monoisotopic (exact) mass is 675 g/mol. The summed E-state index contributed by atoms with van der Waals surface area (Å²) in [4.78, 5) is 30.9. The van der Waals surface area contributed by atoms with E-state index in [2.05, 4.69) is 86.1 Å². The molecule has 2 aliphatic rings. The molecule has 1 aromatic heterocycles. The molecule has 0 atom stereocenters. The molecule has 3 rings (SSSR count). The Hall–Kier alpha value is -1.45. The molecule has 0 aromatic carbocycles. The molecule has 0 bridgehead atoms. The van der Waals surface area contributed by atoms with Crippen LogP contribution in [-0.4, -0.2) is 54.4 Å². The van der Waals surface area contributed by atoms with E-state index in [9.17, 15) is 9.59 Å². The van der Waals surface area contributed by atoms with Crippen molar-refractivity contribution >= 4 is 45.5 Å². The second-order valence-electron chi connectivity index (χ2n) is 16.6. The molecule has 1 amide bonds. The van der Waals surface area contributed by atoms with E-state index >= 15 is 0 Å². The van der Waals surface area contributed by atoms with Crippen LogP contribution in [0.2, 0.25) is 37.8 Å². The van der Waals surface area contributed by atoms with Crippen molar-refractivity contribution in [1.29, 1.82) is 0 Å². The lowest BCUT2D eigenvalue weighted by molar-refractivity contribution is -0.124. The van der Waals surface area contributed by atoms with Crippen molar-refractivity contribution in [3.63, 3.8) is 0 Å². The number of hydrogen-bond acceptors (Lipinski definition) is 6. The zero-order chi connectivity index (χ0) is 33.8. The topological polar surface area (TPSA) is 65.1 Å². The average molecular weight is 676 g/mol. The molecule has 0 N–H and O–H groups in total. The maximum absolute atomic E-state index is 14.4. The van der Waals surface area contributed by atoms with E-state index in [1.807, 2.05) is 11.0 Å². The Kier molecular flexibility index (Phi) is 12.8. The maximum Gasteiger partial charge on any atom is 0.350 e. The van der Waals surface area contributed by atoms with Crippen LogP contribution in [-0.2, 0) is 18.4 Å². The molecule has 2 fully saturated rings. The smallest absolute Gasteiger partial charge is 0.350 e.